The predicted molar refractivity (Wildman–Crippen MR) is 141 cm³/mol. The summed E-state index contributed by atoms with van der Waals surface area (Å²) >= 11 is 0. The molecule has 14 heteroatoms. The molecule has 6 rings (SSSR count). The first-order valence-corrected chi connectivity index (χ1v) is 12.5. The van der Waals surface area contributed by atoms with Crippen molar-refractivity contribution in [2.24, 2.45) is 0 Å². The Morgan fingerprint density at radius 3 is 2.56 bits per heavy atom. The van der Waals surface area contributed by atoms with Crippen molar-refractivity contribution in [3.8, 4) is 22.6 Å². The van der Waals surface area contributed by atoms with E-state index in [0.29, 0.717) is 17.5 Å². The summed E-state index contributed by atoms with van der Waals surface area (Å²) in [6, 6.07) is 12.4. The van der Waals surface area contributed by atoms with Gasteiger partial charge in [0.05, 0.1) is 23.3 Å². The number of halogens is 5. The van der Waals surface area contributed by atoms with E-state index in [0.717, 1.165) is 29.9 Å². The van der Waals surface area contributed by atoms with Crippen LogP contribution in [0.15, 0.2) is 59.5 Å². The average molecular weight is 572 g/mol. The number of nitrogens with zero attached hydrogens (tertiary/aromatic N) is 6. The molecule has 9 nitrogen and oxygen atoms in total. The Hall–Kier alpha value is -4.59. The number of fused-ring (bicyclic) bond motifs is 4. The maximum absolute atomic E-state index is 14.0. The van der Waals surface area contributed by atoms with Crippen LogP contribution in [-0.2, 0) is 13.1 Å². The van der Waals surface area contributed by atoms with Gasteiger partial charge in [-0.25, -0.2) is 9.97 Å². The summed E-state index contributed by atoms with van der Waals surface area (Å²) < 4.78 is 71.5. The zero-order valence-electron chi connectivity index (χ0n) is 21.5. The van der Waals surface area contributed by atoms with E-state index < -0.39 is 24.9 Å². The number of likely N-dealkylation sites (N-methyl/N-ethyl adjacent to an activating group) is 1. The van der Waals surface area contributed by atoms with Crippen LogP contribution in [-0.4, -0.2) is 61.9 Å². The van der Waals surface area contributed by atoms with Crippen LogP contribution in [0, 0.1) is 0 Å². The lowest BCUT2D eigenvalue weighted by molar-refractivity contribution is -0.115. The monoisotopic (exact) mass is 571 g/mol. The molecule has 0 aliphatic carbocycles. The third kappa shape index (κ3) is 5.29. The van der Waals surface area contributed by atoms with Gasteiger partial charge in [-0.3, -0.25) is 14.3 Å². The van der Waals surface area contributed by atoms with Crippen LogP contribution in [0.2, 0.25) is 0 Å². The minimum absolute atomic E-state index is 0.0341. The first-order valence-electron chi connectivity index (χ1n) is 12.5. The number of ether oxygens (including phenoxy) is 1. The largest absolute Gasteiger partial charge is 0.435 e. The topological polar surface area (TPSA) is 90.1 Å². The number of benzene rings is 2. The van der Waals surface area contributed by atoms with E-state index in [1.54, 1.807) is 12.1 Å². The van der Waals surface area contributed by atoms with Crippen molar-refractivity contribution in [2.75, 3.05) is 25.5 Å². The SMILES string of the molecule is CN1CCn2c(nc3ccc(-c4cc5cnc(NCC(F)(F)F)nc5n(-c5ccc(OC(F)F)cc5)c4=O)cc32)C1. The second-order valence-electron chi connectivity index (χ2n) is 9.63. The molecule has 0 unspecified atom stereocenters. The second-order valence-corrected chi connectivity index (χ2v) is 9.63. The van der Waals surface area contributed by atoms with E-state index in [1.165, 1.54) is 35.0 Å². The molecule has 2 aromatic carbocycles. The van der Waals surface area contributed by atoms with E-state index >= 15 is 0 Å². The summed E-state index contributed by atoms with van der Waals surface area (Å²) in [7, 11) is 2.02. The Morgan fingerprint density at radius 1 is 1.05 bits per heavy atom. The molecule has 3 aromatic heterocycles. The molecule has 0 spiro atoms. The summed E-state index contributed by atoms with van der Waals surface area (Å²) in [5.41, 5.74) is 2.30. The van der Waals surface area contributed by atoms with Crippen molar-refractivity contribution in [3.05, 3.63) is 70.9 Å². The second kappa shape index (κ2) is 10.1. The van der Waals surface area contributed by atoms with E-state index in [2.05, 4.69) is 29.5 Å². The summed E-state index contributed by atoms with van der Waals surface area (Å²) in [6.45, 7) is -2.12. The first-order chi connectivity index (χ1) is 19.6. The summed E-state index contributed by atoms with van der Waals surface area (Å²) in [4.78, 5) is 29.1. The highest BCUT2D eigenvalue weighted by Gasteiger charge is 2.27. The smallest absolute Gasteiger partial charge is 0.405 e. The van der Waals surface area contributed by atoms with Crippen LogP contribution in [0.25, 0.3) is 38.9 Å². The highest BCUT2D eigenvalue weighted by Crippen LogP contribution is 2.28. The van der Waals surface area contributed by atoms with Crippen molar-refractivity contribution in [1.29, 1.82) is 0 Å². The van der Waals surface area contributed by atoms with Gasteiger partial charge in [0.1, 0.15) is 18.1 Å². The van der Waals surface area contributed by atoms with Crippen LogP contribution in [0.4, 0.5) is 27.9 Å². The number of rotatable bonds is 6. The molecule has 0 saturated carbocycles. The Balaban J connectivity index is 1.51. The molecular weight excluding hydrogens is 549 g/mol. The standard InChI is InChI=1S/C27H22F5N7O2/c1-37-8-9-38-21-11-15(2-7-20(21)35-22(38)13-37)19-10-16-12-33-26(34-14-27(30,31)32)36-23(16)39(24(19)40)17-3-5-18(6-4-17)41-25(28)29/h2-7,10-12,25H,8-9,13-14H2,1H3,(H,33,34,36). The minimum atomic E-state index is -4.51. The van der Waals surface area contributed by atoms with E-state index in [9.17, 15) is 26.7 Å². The van der Waals surface area contributed by atoms with E-state index in [-0.39, 0.29) is 28.6 Å². The average Bonchev–Trinajstić information content (AvgIpc) is 3.28. The van der Waals surface area contributed by atoms with Gasteiger partial charge in [0, 0.05) is 30.2 Å². The van der Waals surface area contributed by atoms with Gasteiger partial charge in [-0.1, -0.05) is 6.07 Å². The van der Waals surface area contributed by atoms with Crippen LogP contribution < -0.4 is 15.6 Å². The van der Waals surface area contributed by atoms with Crippen LogP contribution in [0.1, 0.15) is 5.82 Å². The normalized spacial score (nSPS) is 14.1. The van der Waals surface area contributed by atoms with Gasteiger partial charge in [0.15, 0.2) is 5.65 Å². The number of nitrogens with one attached hydrogen (secondary N) is 1. The third-order valence-corrected chi connectivity index (χ3v) is 6.76. The molecule has 0 amide bonds. The fraction of sp³-hybridized carbons (Fsp3) is 0.259. The van der Waals surface area contributed by atoms with Crippen molar-refractivity contribution < 1.29 is 26.7 Å². The summed E-state index contributed by atoms with van der Waals surface area (Å²) in [5.74, 6) is 0.465. The number of hydrogen-bond donors (Lipinski definition) is 1. The lowest BCUT2D eigenvalue weighted by Gasteiger charge is -2.23. The summed E-state index contributed by atoms with van der Waals surface area (Å²) in [6.07, 6.45) is -3.19. The van der Waals surface area contributed by atoms with Gasteiger partial charge in [0.25, 0.3) is 5.56 Å². The third-order valence-electron chi connectivity index (χ3n) is 6.76. The molecule has 1 N–H and O–H groups in total. The highest BCUT2D eigenvalue weighted by molar-refractivity contribution is 5.87. The summed E-state index contributed by atoms with van der Waals surface area (Å²) in [5, 5.41) is 2.50. The number of pyridine rings is 1. The Morgan fingerprint density at radius 2 is 1.83 bits per heavy atom. The number of anilines is 1. The fourth-order valence-corrected chi connectivity index (χ4v) is 4.89. The van der Waals surface area contributed by atoms with Crippen molar-refractivity contribution in [2.45, 2.75) is 25.9 Å². The Kier molecular flexibility index (Phi) is 6.56. The molecule has 1 aliphatic heterocycles. The molecule has 1 aliphatic rings. The Labute approximate surface area is 228 Å². The van der Waals surface area contributed by atoms with E-state index in [1.807, 2.05) is 19.2 Å². The van der Waals surface area contributed by atoms with Crippen LogP contribution in [0.5, 0.6) is 5.75 Å². The molecule has 4 heterocycles. The van der Waals surface area contributed by atoms with Gasteiger partial charge >= 0.3 is 12.8 Å². The van der Waals surface area contributed by atoms with Crippen LogP contribution >= 0.6 is 0 Å². The zero-order valence-corrected chi connectivity index (χ0v) is 21.5. The molecule has 41 heavy (non-hydrogen) atoms. The van der Waals surface area contributed by atoms with Gasteiger partial charge in [-0.15, -0.1) is 0 Å². The molecule has 0 saturated heterocycles. The van der Waals surface area contributed by atoms with E-state index in [4.69, 9.17) is 4.98 Å². The van der Waals surface area contributed by atoms with Crippen molar-refractivity contribution in [1.82, 2.24) is 29.0 Å². The molecule has 0 fully saturated rings. The highest BCUT2D eigenvalue weighted by atomic mass is 19.4. The number of alkyl halides is 5. The molecular formula is C27H22F5N7O2. The lowest BCUT2D eigenvalue weighted by atomic mass is 10.0. The molecule has 212 valence electrons. The first kappa shape index (κ1) is 26.6. The van der Waals surface area contributed by atoms with Crippen molar-refractivity contribution in [3.63, 3.8) is 0 Å². The molecule has 5 aromatic rings. The Bertz CT molecular complexity index is 1820. The maximum Gasteiger partial charge on any atom is 0.405 e. The van der Waals surface area contributed by atoms with Crippen molar-refractivity contribution >= 4 is 28.0 Å². The zero-order chi connectivity index (χ0) is 28.9. The van der Waals surface area contributed by atoms with Gasteiger partial charge < -0.3 is 14.6 Å². The van der Waals surface area contributed by atoms with Gasteiger partial charge in [-0.05, 0) is 55.1 Å². The quantitative estimate of drug-likeness (QED) is 0.293. The number of imidazole rings is 1. The minimum Gasteiger partial charge on any atom is -0.435 e. The predicted octanol–water partition coefficient (Wildman–Crippen LogP) is 4.82. The maximum atomic E-state index is 14.0. The number of hydrogen-bond acceptors (Lipinski definition) is 7. The van der Waals surface area contributed by atoms with Gasteiger partial charge in [-0.2, -0.15) is 26.9 Å². The van der Waals surface area contributed by atoms with Gasteiger partial charge in [0.2, 0.25) is 5.95 Å². The lowest BCUT2D eigenvalue weighted by Crippen LogP contribution is -2.30. The molecule has 0 bridgehead atoms. The number of aromatic nitrogens is 5. The molecule has 0 radical (unpaired) electrons. The fourth-order valence-electron chi connectivity index (χ4n) is 4.89. The molecule has 0 atom stereocenters. The van der Waals surface area contributed by atoms with Crippen LogP contribution in [0.3, 0.4) is 0 Å².